The molecule has 1 aromatic rings. The molecule has 0 aliphatic carbocycles. The number of carbonyl (C=O) groups is 2. The van der Waals surface area contributed by atoms with Gasteiger partial charge in [-0.1, -0.05) is 0 Å². The van der Waals surface area contributed by atoms with Crippen molar-refractivity contribution in [2.45, 2.75) is 57.0 Å². The lowest BCUT2D eigenvalue weighted by molar-refractivity contribution is -0.105. The van der Waals surface area contributed by atoms with Gasteiger partial charge in [-0.15, -0.1) is 0 Å². The highest BCUT2D eigenvalue weighted by Crippen LogP contribution is 2.42. The van der Waals surface area contributed by atoms with Gasteiger partial charge in [0.15, 0.2) is 0 Å². The van der Waals surface area contributed by atoms with Gasteiger partial charge in [-0.05, 0) is 76.1 Å². The molecule has 2 fully saturated rings. The molecular formula is C21H31N3O5S. The van der Waals surface area contributed by atoms with Crippen LogP contribution >= 0.6 is 0 Å². The molecule has 0 aromatic heterocycles. The molecule has 2 heterocycles. The third-order valence-corrected chi connectivity index (χ3v) is 7.89. The van der Waals surface area contributed by atoms with Crippen molar-refractivity contribution >= 4 is 28.2 Å². The molecule has 0 unspecified atom stereocenters. The molecule has 0 radical (unpaired) electrons. The van der Waals surface area contributed by atoms with Crippen molar-refractivity contribution in [3.63, 3.8) is 0 Å². The average molecular weight is 438 g/mol. The molecule has 2 aliphatic rings. The van der Waals surface area contributed by atoms with Crippen LogP contribution in [0.2, 0.25) is 0 Å². The SMILES string of the molecule is CC(C)(C)OC(=O)N1CCC2(CC1)CCN(S(=O)(=O)c1ccc(NC=O)cc1)CC2. The van der Waals surface area contributed by atoms with E-state index < -0.39 is 15.6 Å². The number of carbonyl (C=O) groups excluding carboxylic acids is 2. The van der Waals surface area contributed by atoms with E-state index in [1.807, 2.05) is 20.8 Å². The molecule has 8 nitrogen and oxygen atoms in total. The quantitative estimate of drug-likeness (QED) is 0.731. The summed E-state index contributed by atoms with van der Waals surface area (Å²) in [4.78, 5) is 24.8. The minimum atomic E-state index is -3.56. The lowest BCUT2D eigenvalue weighted by atomic mass is 9.72. The van der Waals surface area contributed by atoms with E-state index in [9.17, 15) is 18.0 Å². The largest absolute Gasteiger partial charge is 0.444 e. The van der Waals surface area contributed by atoms with Gasteiger partial charge in [0.25, 0.3) is 0 Å². The fourth-order valence-corrected chi connectivity index (χ4v) is 5.57. The van der Waals surface area contributed by atoms with Crippen molar-refractivity contribution in [2.24, 2.45) is 5.41 Å². The Morgan fingerprint density at radius 2 is 1.57 bits per heavy atom. The van der Waals surface area contributed by atoms with Gasteiger partial charge in [0.2, 0.25) is 16.4 Å². The third-order valence-electron chi connectivity index (χ3n) is 5.98. The second kappa shape index (κ2) is 8.55. The van der Waals surface area contributed by atoms with Crippen molar-refractivity contribution in [3.8, 4) is 0 Å². The first-order chi connectivity index (χ1) is 14.0. The summed E-state index contributed by atoms with van der Waals surface area (Å²) in [6, 6.07) is 6.20. The summed E-state index contributed by atoms with van der Waals surface area (Å²) in [7, 11) is -3.56. The van der Waals surface area contributed by atoms with E-state index >= 15 is 0 Å². The normalized spacial score (nSPS) is 20.0. The zero-order chi connectivity index (χ0) is 22.0. The predicted octanol–water partition coefficient (Wildman–Crippen LogP) is 3.06. The fraction of sp³-hybridized carbons (Fsp3) is 0.619. The Labute approximate surface area is 178 Å². The maximum atomic E-state index is 13.0. The highest BCUT2D eigenvalue weighted by atomic mass is 32.2. The van der Waals surface area contributed by atoms with Gasteiger partial charge < -0.3 is 15.0 Å². The minimum Gasteiger partial charge on any atom is -0.444 e. The summed E-state index contributed by atoms with van der Waals surface area (Å²) in [5.74, 6) is 0. The van der Waals surface area contributed by atoms with Crippen LogP contribution < -0.4 is 5.32 Å². The molecule has 1 N–H and O–H groups in total. The topological polar surface area (TPSA) is 96.0 Å². The predicted molar refractivity (Wildman–Crippen MR) is 114 cm³/mol. The lowest BCUT2D eigenvalue weighted by Crippen LogP contribution is -2.50. The molecular weight excluding hydrogens is 406 g/mol. The summed E-state index contributed by atoms with van der Waals surface area (Å²) in [6.45, 7) is 7.82. The number of anilines is 1. The van der Waals surface area contributed by atoms with Crippen LogP contribution in [0, 0.1) is 5.41 Å². The Morgan fingerprint density at radius 1 is 1.03 bits per heavy atom. The molecule has 1 spiro atoms. The van der Waals surface area contributed by atoms with Crippen LogP contribution in [0.25, 0.3) is 0 Å². The van der Waals surface area contributed by atoms with Crippen LogP contribution in [0.4, 0.5) is 10.5 Å². The van der Waals surface area contributed by atoms with Gasteiger partial charge in [0.05, 0.1) is 4.90 Å². The highest BCUT2D eigenvalue weighted by Gasteiger charge is 2.41. The van der Waals surface area contributed by atoms with E-state index in [0.29, 0.717) is 38.3 Å². The summed E-state index contributed by atoms with van der Waals surface area (Å²) in [6.07, 6.45) is 3.60. The van der Waals surface area contributed by atoms with E-state index in [-0.39, 0.29) is 16.4 Å². The zero-order valence-electron chi connectivity index (χ0n) is 17.9. The van der Waals surface area contributed by atoms with Crippen molar-refractivity contribution in [1.29, 1.82) is 0 Å². The van der Waals surface area contributed by atoms with Crippen molar-refractivity contribution < 1.29 is 22.7 Å². The molecule has 1 aromatic carbocycles. The maximum Gasteiger partial charge on any atom is 0.410 e. The Hall–Kier alpha value is -2.13. The van der Waals surface area contributed by atoms with Crippen LogP contribution in [0.5, 0.6) is 0 Å². The first-order valence-corrected chi connectivity index (χ1v) is 11.8. The van der Waals surface area contributed by atoms with Gasteiger partial charge >= 0.3 is 6.09 Å². The third kappa shape index (κ3) is 5.13. The second-order valence-corrected chi connectivity index (χ2v) is 11.1. The summed E-state index contributed by atoms with van der Waals surface area (Å²) >= 11 is 0. The fourth-order valence-electron chi connectivity index (χ4n) is 4.13. The molecule has 0 atom stereocenters. The zero-order valence-corrected chi connectivity index (χ0v) is 18.7. The van der Waals surface area contributed by atoms with E-state index in [4.69, 9.17) is 4.74 Å². The molecule has 9 heteroatoms. The molecule has 0 saturated carbocycles. The van der Waals surface area contributed by atoms with Crippen molar-refractivity contribution in [3.05, 3.63) is 24.3 Å². The number of sulfonamides is 1. The number of rotatable bonds is 4. The summed E-state index contributed by atoms with van der Waals surface area (Å²) in [5.41, 5.74) is 0.133. The first-order valence-electron chi connectivity index (χ1n) is 10.3. The number of nitrogens with one attached hydrogen (secondary N) is 1. The lowest BCUT2D eigenvalue weighted by Gasteiger charge is -2.46. The van der Waals surface area contributed by atoms with E-state index in [1.54, 1.807) is 21.3 Å². The molecule has 0 bridgehead atoms. The molecule has 166 valence electrons. The number of nitrogens with zero attached hydrogens (tertiary/aromatic N) is 2. The maximum absolute atomic E-state index is 13.0. The Bertz CT molecular complexity index is 859. The Morgan fingerprint density at radius 3 is 2.07 bits per heavy atom. The molecule has 3 rings (SSSR count). The van der Waals surface area contributed by atoms with Gasteiger partial charge in [-0.3, -0.25) is 4.79 Å². The first kappa shape index (κ1) is 22.6. The highest BCUT2D eigenvalue weighted by molar-refractivity contribution is 7.89. The van der Waals surface area contributed by atoms with Crippen molar-refractivity contribution in [2.75, 3.05) is 31.5 Å². The summed E-state index contributed by atoms with van der Waals surface area (Å²) in [5, 5.41) is 2.50. The number of hydrogen-bond acceptors (Lipinski definition) is 5. The smallest absolute Gasteiger partial charge is 0.410 e. The number of piperidine rings is 2. The molecule has 2 saturated heterocycles. The molecule has 2 amide bonds. The van der Waals surface area contributed by atoms with Crippen LogP contribution in [-0.4, -0.2) is 61.9 Å². The number of amides is 2. The Kier molecular flexibility index (Phi) is 6.43. The van der Waals surface area contributed by atoms with Gasteiger partial charge in [-0.25, -0.2) is 13.2 Å². The standard InChI is InChI=1S/C21H31N3O5S/c1-20(2,3)29-19(26)23-12-8-21(9-13-23)10-14-24(15-11-21)30(27,28)18-6-4-17(5-7-18)22-16-25/h4-7,16H,8-15H2,1-3H3,(H,22,25). The average Bonchev–Trinajstić information content (AvgIpc) is 2.68. The molecule has 2 aliphatic heterocycles. The van der Waals surface area contributed by atoms with Crippen LogP contribution in [0.1, 0.15) is 46.5 Å². The van der Waals surface area contributed by atoms with E-state index in [2.05, 4.69) is 5.32 Å². The van der Waals surface area contributed by atoms with Gasteiger partial charge in [0.1, 0.15) is 5.60 Å². The van der Waals surface area contributed by atoms with Crippen LogP contribution in [0.15, 0.2) is 29.2 Å². The van der Waals surface area contributed by atoms with Crippen LogP contribution in [-0.2, 0) is 19.6 Å². The van der Waals surface area contributed by atoms with Gasteiger partial charge in [-0.2, -0.15) is 4.31 Å². The van der Waals surface area contributed by atoms with Gasteiger partial charge in [0, 0.05) is 31.9 Å². The van der Waals surface area contributed by atoms with E-state index in [0.717, 1.165) is 25.7 Å². The van der Waals surface area contributed by atoms with Crippen LogP contribution in [0.3, 0.4) is 0 Å². The number of hydrogen-bond donors (Lipinski definition) is 1. The van der Waals surface area contributed by atoms with Crippen molar-refractivity contribution in [1.82, 2.24) is 9.21 Å². The molecule has 30 heavy (non-hydrogen) atoms. The Balaban J connectivity index is 1.57. The second-order valence-electron chi connectivity index (χ2n) is 9.16. The monoisotopic (exact) mass is 437 g/mol. The number of benzene rings is 1. The minimum absolute atomic E-state index is 0.0856. The number of ether oxygens (including phenoxy) is 1. The summed E-state index contributed by atoms with van der Waals surface area (Å²) < 4.78 is 32.9. The van der Waals surface area contributed by atoms with E-state index in [1.165, 1.54) is 12.1 Å². The number of likely N-dealkylation sites (tertiary alicyclic amines) is 1.